The molecule has 0 amide bonds. The van der Waals surface area contributed by atoms with Crippen molar-refractivity contribution in [2.75, 3.05) is 9.80 Å². The summed E-state index contributed by atoms with van der Waals surface area (Å²) in [7, 11) is 0. The van der Waals surface area contributed by atoms with Crippen molar-refractivity contribution in [3.05, 3.63) is 214 Å². The molecule has 0 aliphatic carbocycles. The number of nitrogens with zero attached hydrogens (tertiary/aromatic N) is 2. The third-order valence-electron chi connectivity index (χ3n) is 10.0. The smallest absolute Gasteiger partial charge is 0.0493 e. The number of benzene rings is 7. The molecule has 7 aromatic rings. The molecule has 7 rings (SSSR count). The topological polar surface area (TPSA) is 6.48 Å². The van der Waals surface area contributed by atoms with E-state index in [2.05, 4.69) is 232 Å². The number of rotatable bonds is 12. The monoisotopic (exact) mass is 700 g/mol. The van der Waals surface area contributed by atoms with E-state index < -0.39 is 0 Å². The summed E-state index contributed by atoms with van der Waals surface area (Å²) in [5.74, 6) is 0. The maximum atomic E-state index is 2.37. The molecule has 0 saturated heterocycles. The van der Waals surface area contributed by atoms with Crippen LogP contribution in [0.2, 0.25) is 0 Å². The molecule has 0 N–H and O–H groups in total. The minimum absolute atomic E-state index is 0.977. The van der Waals surface area contributed by atoms with Gasteiger partial charge in [0.1, 0.15) is 0 Å². The largest absolute Gasteiger partial charge is 0.310 e. The first kappa shape index (κ1) is 36.0. The van der Waals surface area contributed by atoms with Gasteiger partial charge in [-0.25, -0.2) is 0 Å². The molecule has 0 aromatic heterocycles. The van der Waals surface area contributed by atoms with Crippen LogP contribution in [0.15, 0.2) is 170 Å². The zero-order chi connectivity index (χ0) is 37.3. The summed E-state index contributed by atoms with van der Waals surface area (Å²) in [4.78, 5) is 4.70. The second-order valence-corrected chi connectivity index (χ2v) is 13.8. The highest BCUT2D eigenvalue weighted by Gasteiger charge is 2.16. The van der Waals surface area contributed by atoms with Gasteiger partial charge in [0, 0.05) is 34.1 Å². The van der Waals surface area contributed by atoms with E-state index in [4.69, 9.17) is 0 Å². The average molecular weight is 701 g/mol. The molecule has 0 radical (unpaired) electrons. The summed E-state index contributed by atoms with van der Waals surface area (Å²) in [5, 5.41) is 0. The number of aryl methyl sites for hydroxylation is 4. The molecule has 2 heteroatoms. The lowest BCUT2D eigenvalue weighted by Crippen LogP contribution is -2.12. The van der Waals surface area contributed by atoms with E-state index in [0.29, 0.717) is 0 Å². The van der Waals surface area contributed by atoms with Gasteiger partial charge in [-0.3, -0.25) is 0 Å². The van der Waals surface area contributed by atoms with E-state index in [9.17, 15) is 0 Å². The standard InChI is InChI=1S/C52H48N2/c1-5-41-25-33-49(34-26-41)54(52-14-10-8-12-46(52)6-2)50-37-29-45(30-38-50)24-22-43-19-17-42(18-20-43)21-23-44-27-35-48(36-28-44)53(47-31-15-39(3)16-32-47)51-13-9-7-11-40(51)4/h7-38H,5-6H2,1-4H3. The van der Waals surface area contributed by atoms with Gasteiger partial charge in [-0.05, 0) is 126 Å². The fourth-order valence-corrected chi connectivity index (χ4v) is 6.84. The first-order chi connectivity index (χ1) is 26.5. The van der Waals surface area contributed by atoms with Gasteiger partial charge < -0.3 is 9.80 Å². The lowest BCUT2D eigenvalue weighted by Gasteiger charge is -2.27. The molecule has 2 nitrogen and oxygen atoms in total. The Morgan fingerprint density at radius 3 is 1.19 bits per heavy atom. The highest BCUT2D eigenvalue weighted by Crippen LogP contribution is 2.38. The fraction of sp³-hybridized carbons (Fsp3) is 0.115. The molecular formula is C52H48N2. The molecule has 266 valence electrons. The Balaban J connectivity index is 1.03. The number of hydrogen-bond donors (Lipinski definition) is 0. The SMILES string of the molecule is CCc1ccc(N(c2ccc(C=Cc3ccc(C=Cc4ccc(N(c5ccc(C)cc5)c5ccccc5C)cc4)cc3)cc2)c2ccccc2CC)cc1. The van der Waals surface area contributed by atoms with Crippen LogP contribution in [0.3, 0.4) is 0 Å². The maximum absolute atomic E-state index is 2.37. The first-order valence-corrected chi connectivity index (χ1v) is 19.0. The van der Waals surface area contributed by atoms with Gasteiger partial charge in [0.25, 0.3) is 0 Å². The molecule has 7 aromatic carbocycles. The Kier molecular flexibility index (Phi) is 11.3. The number of hydrogen-bond acceptors (Lipinski definition) is 2. The predicted molar refractivity (Wildman–Crippen MR) is 235 cm³/mol. The van der Waals surface area contributed by atoms with Crippen molar-refractivity contribution in [1.82, 2.24) is 0 Å². The second-order valence-electron chi connectivity index (χ2n) is 13.8. The maximum Gasteiger partial charge on any atom is 0.0493 e. The zero-order valence-corrected chi connectivity index (χ0v) is 31.8. The Labute approximate surface area is 322 Å². The quantitative estimate of drug-likeness (QED) is 0.117. The molecule has 0 aliphatic heterocycles. The van der Waals surface area contributed by atoms with E-state index in [0.717, 1.165) is 35.5 Å². The predicted octanol–water partition coefficient (Wildman–Crippen LogP) is 14.7. The summed E-state index contributed by atoms with van der Waals surface area (Å²) in [6.45, 7) is 8.72. The zero-order valence-electron chi connectivity index (χ0n) is 31.8. The van der Waals surface area contributed by atoms with Crippen LogP contribution in [0.1, 0.15) is 58.4 Å². The molecule has 54 heavy (non-hydrogen) atoms. The van der Waals surface area contributed by atoms with Gasteiger partial charge >= 0.3 is 0 Å². The summed E-state index contributed by atoms with van der Waals surface area (Å²) >= 11 is 0. The lowest BCUT2D eigenvalue weighted by molar-refractivity contribution is 1.11. The van der Waals surface area contributed by atoms with E-state index in [-0.39, 0.29) is 0 Å². The highest BCUT2D eigenvalue weighted by atomic mass is 15.1. The van der Waals surface area contributed by atoms with Gasteiger partial charge in [0.15, 0.2) is 0 Å². The van der Waals surface area contributed by atoms with E-state index in [1.54, 1.807) is 0 Å². The minimum Gasteiger partial charge on any atom is -0.310 e. The summed E-state index contributed by atoms with van der Waals surface area (Å²) < 4.78 is 0. The van der Waals surface area contributed by atoms with Crippen molar-refractivity contribution < 1.29 is 0 Å². The van der Waals surface area contributed by atoms with Crippen LogP contribution in [0.25, 0.3) is 24.3 Å². The fourth-order valence-electron chi connectivity index (χ4n) is 6.84. The van der Waals surface area contributed by atoms with Crippen LogP contribution in [-0.4, -0.2) is 0 Å². The van der Waals surface area contributed by atoms with Crippen molar-refractivity contribution in [2.24, 2.45) is 0 Å². The van der Waals surface area contributed by atoms with Crippen LogP contribution in [0.4, 0.5) is 34.1 Å². The third kappa shape index (κ3) is 8.46. The lowest BCUT2D eigenvalue weighted by atomic mass is 10.1. The van der Waals surface area contributed by atoms with Gasteiger partial charge in [-0.1, -0.05) is 153 Å². The normalized spacial score (nSPS) is 11.3. The van der Waals surface area contributed by atoms with Gasteiger partial charge in [-0.15, -0.1) is 0 Å². The molecule has 0 fully saturated rings. The molecule has 0 spiro atoms. The van der Waals surface area contributed by atoms with Crippen LogP contribution in [0, 0.1) is 13.8 Å². The van der Waals surface area contributed by atoms with Gasteiger partial charge in [0.2, 0.25) is 0 Å². The Morgan fingerprint density at radius 2 is 0.741 bits per heavy atom. The number of anilines is 6. The Bertz CT molecular complexity index is 2330. The van der Waals surface area contributed by atoms with Crippen molar-refractivity contribution >= 4 is 58.4 Å². The second kappa shape index (κ2) is 17.0. The van der Waals surface area contributed by atoms with Crippen molar-refractivity contribution in [3.63, 3.8) is 0 Å². The Hall–Kier alpha value is -6.38. The van der Waals surface area contributed by atoms with Crippen molar-refractivity contribution in [3.8, 4) is 0 Å². The van der Waals surface area contributed by atoms with Crippen molar-refractivity contribution in [1.29, 1.82) is 0 Å². The van der Waals surface area contributed by atoms with Crippen LogP contribution < -0.4 is 9.80 Å². The Morgan fingerprint density at radius 1 is 0.370 bits per heavy atom. The van der Waals surface area contributed by atoms with Crippen LogP contribution >= 0.6 is 0 Å². The molecule has 0 aliphatic rings. The van der Waals surface area contributed by atoms with Crippen LogP contribution in [-0.2, 0) is 12.8 Å². The summed E-state index contributed by atoms with van der Waals surface area (Å²) in [6, 6.07) is 61.3. The third-order valence-corrected chi connectivity index (χ3v) is 10.0. The van der Waals surface area contributed by atoms with Gasteiger partial charge in [-0.2, -0.15) is 0 Å². The average Bonchev–Trinajstić information content (AvgIpc) is 3.22. The highest BCUT2D eigenvalue weighted by molar-refractivity contribution is 5.81. The molecule has 0 heterocycles. The number of para-hydroxylation sites is 2. The molecule has 0 unspecified atom stereocenters. The summed E-state index contributed by atoms with van der Waals surface area (Å²) in [5.41, 5.74) is 16.9. The molecule has 0 atom stereocenters. The van der Waals surface area contributed by atoms with Crippen molar-refractivity contribution in [2.45, 2.75) is 40.5 Å². The van der Waals surface area contributed by atoms with E-state index in [1.165, 1.54) is 56.0 Å². The van der Waals surface area contributed by atoms with Gasteiger partial charge in [0.05, 0.1) is 0 Å². The van der Waals surface area contributed by atoms with Crippen LogP contribution in [0.5, 0.6) is 0 Å². The first-order valence-electron chi connectivity index (χ1n) is 19.0. The van der Waals surface area contributed by atoms with E-state index >= 15 is 0 Å². The molecule has 0 saturated carbocycles. The summed E-state index contributed by atoms with van der Waals surface area (Å²) in [6.07, 6.45) is 10.7. The van der Waals surface area contributed by atoms with E-state index in [1.807, 2.05) is 0 Å². The minimum atomic E-state index is 0.977. The molecule has 0 bridgehead atoms. The molecular weight excluding hydrogens is 653 g/mol.